The molecule has 0 amide bonds. The number of nitrogens with zero attached hydrogens (tertiary/aromatic N) is 2. The number of benzene rings is 3. The standard InChI is InChI=1S/C18H14ClN3O.C9H6OS.C4H12N2/c1-2-3-9-17-20-16-12-13(19)10-11-15(16)18(23)22(17)21-14-7-5-4-6-8-14;10-6-8-5-7-3-1-2-4-9(7)11-8;1-6-4-2-3-5/h1,4-8,10-12,21H,3,9H2;1-6H;6H,2-5H2,1H3. The van der Waals surface area contributed by atoms with E-state index in [0.29, 0.717) is 34.6 Å². The van der Waals surface area contributed by atoms with E-state index in [1.54, 1.807) is 18.2 Å². The molecule has 9 heteroatoms. The Bertz CT molecular complexity index is 1590. The lowest BCUT2D eigenvalue weighted by molar-refractivity contribution is 0.112. The topological polar surface area (TPSA) is 102 Å². The van der Waals surface area contributed by atoms with E-state index in [4.69, 9.17) is 23.8 Å². The lowest BCUT2D eigenvalue weighted by atomic mass is 10.2. The maximum absolute atomic E-state index is 12.8. The Hall–Kier alpha value is -4.00. The molecule has 2 heterocycles. The zero-order valence-electron chi connectivity index (χ0n) is 22.3. The van der Waals surface area contributed by atoms with E-state index in [0.717, 1.165) is 41.7 Å². The molecule has 0 aliphatic heterocycles. The van der Waals surface area contributed by atoms with Gasteiger partial charge in [0.15, 0.2) is 6.29 Å². The molecule has 0 unspecified atom stereocenters. The Morgan fingerprint density at radius 1 is 1.10 bits per heavy atom. The van der Waals surface area contributed by atoms with Crippen molar-refractivity contribution in [2.24, 2.45) is 5.73 Å². The normalized spacial score (nSPS) is 10.2. The van der Waals surface area contributed by atoms with Gasteiger partial charge in [-0.1, -0.05) is 48.0 Å². The minimum absolute atomic E-state index is 0.178. The highest BCUT2D eigenvalue weighted by atomic mass is 35.5. The predicted octanol–water partition coefficient (Wildman–Crippen LogP) is 5.76. The Morgan fingerprint density at radius 2 is 1.85 bits per heavy atom. The maximum atomic E-state index is 12.8. The highest BCUT2D eigenvalue weighted by Crippen LogP contribution is 2.23. The highest BCUT2D eigenvalue weighted by molar-refractivity contribution is 7.20. The smallest absolute Gasteiger partial charge is 0.280 e. The molecule has 0 atom stereocenters. The average Bonchev–Trinajstić information content (AvgIpc) is 3.41. The zero-order chi connectivity index (χ0) is 28.7. The molecule has 5 aromatic rings. The molecule has 0 aliphatic rings. The molecule has 0 bridgehead atoms. The number of halogens is 1. The van der Waals surface area contributed by atoms with Crippen LogP contribution in [0.15, 0.2) is 83.7 Å². The minimum Gasteiger partial charge on any atom is -0.330 e. The average molecular weight is 574 g/mol. The van der Waals surface area contributed by atoms with E-state index in [9.17, 15) is 9.59 Å². The quantitative estimate of drug-likeness (QED) is 0.124. The van der Waals surface area contributed by atoms with Crippen LogP contribution in [-0.2, 0) is 6.42 Å². The summed E-state index contributed by atoms with van der Waals surface area (Å²) in [6, 6.07) is 24.4. The summed E-state index contributed by atoms with van der Waals surface area (Å²) in [7, 11) is 1.93. The predicted molar refractivity (Wildman–Crippen MR) is 168 cm³/mol. The second-order valence-electron chi connectivity index (χ2n) is 8.56. The third-order valence-electron chi connectivity index (χ3n) is 5.60. The number of carbonyl (C=O) groups is 1. The molecule has 2 aromatic heterocycles. The zero-order valence-corrected chi connectivity index (χ0v) is 23.8. The van der Waals surface area contributed by atoms with Gasteiger partial charge < -0.3 is 11.1 Å². The van der Waals surface area contributed by atoms with Gasteiger partial charge in [-0.25, -0.2) is 9.66 Å². The van der Waals surface area contributed by atoms with Gasteiger partial charge in [-0.05, 0) is 74.4 Å². The van der Waals surface area contributed by atoms with Gasteiger partial charge in [0.25, 0.3) is 5.56 Å². The summed E-state index contributed by atoms with van der Waals surface area (Å²) in [6.07, 6.45) is 8.31. The number of fused-ring (bicyclic) bond motifs is 2. The second-order valence-corrected chi connectivity index (χ2v) is 10.1. The summed E-state index contributed by atoms with van der Waals surface area (Å²) < 4.78 is 2.62. The third kappa shape index (κ3) is 8.76. The number of anilines is 1. The first-order valence-electron chi connectivity index (χ1n) is 12.8. The number of carbonyl (C=O) groups excluding carboxylic acids is 1. The van der Waals surface area contributed by atoms with Gasteiger partial charge in [-0.2, -0.15) is 0 Å². The fourth-order valence-corrected chi connectivity index (χ4v) is 4.70. The Labute approximate surface area is 243 Å². The largest absolute Gasteiger partial charge is 0.330 e. The van der Waals surface area contributed by atoms with Crippen LogP contribution in [0.4, 0.5) is 5.69 Å². The molecule has 7 nitrogen and oxygen atoms in total. The van der Waals surface area contributed by atoms with E-state index in [-0.39, 0.29) is 5.56 Å². The number of hydrogen-bond donors (Lipinski definition) is 3. The number of nitrogens with one attached hydrogen (secondary N) is 2. The fraction of sp³-hybridized carbons (Fsp3) is 0.194. The van der Waals surface area contributed by atoms with Crippen LogP contribution in [0, 0.1) is 12.3 Å². The molecule has 5 rings (SSSR count). The lowest BCUT2D eigenvalue weighted by Gasteiger charge is -2.15. The van der Waals surface area contributed by atoms with E-state index in [2.05, 4.69) is 21.6 Å². The number of terminal acetylenes is 1. The fourth-order valence-electron chi connectivity index (χ4n) is 3.65. The number of thiophene rings is 1. The number of aryl methyl sites for hydroxylation is 1. The van der Waals surface area contributed by atoms with Crippen molar-refractivity contribution in [1.82, 2.24) is 15.0 Å². The van der Waals surface area contributed by atoms with Crippen molar-refractivity contribution in [3.63, 3.8) is 0 Å². The van der Waals surface area contributed by atoms with E-state index in [1.807, 2.05) is 67.7 Å². The highest BCUT2D eigenvalue weighted by Gasteiger charge is 2.11. The van der Waals surface area contributed by atoms with Crippen molar-refractivity contribution in [1.29, 1.82) is 0 Å². The van der Waals surface area contributed by atoms with E-state index in [1.165, 1.54) is 20.7 Å². The van der Waals surface area contributed by atoms with Crippen LogP contribution < -0.4 is 22.0 Å². The van der Waals surface area contributed by atoms with Crippen molar-refractivity contribution < 1.29 is 4.79 Å². The molecule has 0 spiro atoms. The van der Waals surface area contributed by atoms with Crippen molar-refractivity contribution >= 4 is 55.9 Å². The summed E-state index contributed by atoms with van der Waals surface area (Å²) in [5, 5.41) is 5.19. The van der Waals surface area contributed by atoms with Crippen LogP contribution >= 0.6 is 22.9 Å². The summed E-state index contributed by atoms with van der Waals surface area (Å²) >= 11 is 7.53. The van der Waals surface area contributed by atoms with Gasteiger partial charge in [-0.15, -0.1) is 23.7 Å². The first kappa shape index (κ1) is 30.5. The van der Waals surface area contributed by atoms with E-state index < -0.39 is 0 Å². The van der Waals surface area contributed by atoms with Crippen LogP contribution in [-0.4, -0.2) is 36.1 Å². The first-order chi connectivity index (χ1) is 19.5. The van der Waals surface area contributed by atoms with Crippen LogP contribution in [0.1, 0.15) is 28.3 Å². The molecule has 0 radical (unpaired) electrons. The Morgan fingerprint density at radius 3 is 2.50 bits per heavy atom. The summed E-state index contributed by atoms with van der Waals surface area (Å²) in [5.74, 6) is 3.15. The molecule has 0 aliphatic carbocycles. The first-order valence-corrected chi connectivity index (χ1v) is 13.9. The molecule has 40 heavy (non-hydrogen) atoms. The number of para-hydroxylation sites is 1. The van der Waals surface area contributed by atoms with Crippen LogP contribution in [0.5, 0.6) is 0 Å². The molecule has 3 aromatic carbocycles. The number of aldehydes is 1. The van der Waals surface area contributed by atoms with Crippen molar-refractivity contribution in [3.8, 4) is 12.3 Å². The molecule has 206 valence electrons. The molecule has 0 saturated heterocycles. The van der Waals surface area contributed by atoms with Crippen LogP contribution in [0.3, 0.4) is 0 Å². The van der Waals surface area contributed by atoms with Gasteiger partial charge in [0.1, 0.15) is 5.82 Å². The van der Waals surface area contributed by atoms with Gasteiger partial charge in [0.05, 0.1) is 21.5 Å². The van der Waals surface area contributed by atoms with Gasteiger partial charge in [-0.3, -0.25) is 15.0 Å². The molecular weight excluding hydrogens is 542 g/mol. The van der Waals surface area contributed by atoms with Crippen molar-refractivity contribution in [3.05, 3.63) is 105 Å². The summed E-state index contributed by atoms with van der Waals surface area (Å²) in [5.41, 5.74) is 9.46. The lowest BCUT2D eigenvalue weighted by Crippen LogP contribution is -2.30. The molecule has 4 N–H and O–H groups in total. The number of aromatic nitrogens is 2. The van der Waals surface area contributed by atoms with Crippen LogP contribution in [0.2, 0.25) is 5.02 Å². The number of rotatable bonds is 8. The Balaban J connectivity index is 0.000000213. The molecule has 0 saturated carbocycles. The SMILES string of the molecule is C#CCCc1nc2cc(Cl)ccc2c(=O)n1Nc1ccccc1.CNCCCN.O=Cc1cc2ccccc2s1. The summed E-state index contributed by atoms with van der Waals surface area (Å²) in [6.45, 7) is 1.83. The monoisotopic (exact) mass is 573 g/mol. The maximum Gasteiger partial charge on any atom is 0.280 e. The molecule has 0 fully saturated rings. The molecular formula is C31H32ClN5O2S. The Kier molecular flexibility index (Phi) is 12.4. The van der Waals surface area contributed by atoms with Crippen LogP contribution in [0.25, 0.3) is 21.0 Å². The van der Waals surface area contributed by atoms with Crippen molar-refractivity contribution in [2.45, 2.75) is 19.3 Å². The third-order valence-corrected chi connectivity index (χ3v) is 6.88. The number of nitrogens with two attached hydrogens (primary N) is 1. The number of hydrogen-bond acceptors (Lipinski definition) is 7. The van der Waals surface area contributed by atoms with Gasteiger partial charge in [0, 0.05) is 22.6 Å². The summed E-state index contributed by atoms with van der Waals surface area (Å²) in [4.78, 5) is 28.5. The van der Waals surface area contributed by atoms with Gasteiger partial charge >= 0.3 is 0 Å². The van der Waals surface area contributed by atoms with Gasteiger partial charge in [0.2, 0.25) is 0 Å². The second kappa shape index (κ2) is 16.2. The minimum atomic E-state index is -0.178. The van der Waals surface area contributed by atoms with E-state index >= 15 is 0 Å². The van der Waals surface area contributed by atoms with Crippen molar-refractivity contribution in [2.75, 3.05) is 25.6 Å².